The van der Waals surface area contributed by atoms with Gasteiger partial charge in [-0.05, 0) is 25.5 Å². The third kappa shape index (κ3) is 3.16. The SMILES string of the molecule is CCCN(CC)c1ccc(C(N)=S)nc1. The van der Waals surface area contributed by atoms with E-state index in [0.29, 0.717) is 10.7 Å². The summed E-state index contributed by atoms with van der Waals surface area (Å²) in [5.74, 6) is 0. The molecule has 82 valence electrons. The number of nitrogens with zero attached hydrogens (tertiary/aromatic N) is 2. The Morgan fingerprint density at radius 1 is 1.47 bits per heavy atom. The lowest BCUT2D eigenvalue weighted by molar-refractivity contribution is 0.789. The maximum atomic E-state index is 5.49. The third-order valence-electron chi connectivity index (χ3n) is 2.24. The number of nitrogens with two attached hydrogens (primary N) is 1. The van der Waals surface area contributed by atoms with Crippen LogP contribution < -0.4 is 10.6 Å². The van der Waals surface area contributed by atoms with Crippen molar-refractivity contribution < 1.29 is 0 Å². The van der Waals surface area contributed by atoms with Gasteiger partial charge in [-0.25, -0.2) is 0 Å². The summed E-state index contributed by atoms with van der Waals surface area (Å²) in [7, 11) is 0. The molecule has 1 aromatic rings. The number of rotatable bonds is 5. The van der Waals surface area contributed by atoms with Crippen molar-refractivity contribution >= 4 is 22.9 Å². The minimum atomic E-state index is 0.347. The summed E-state index contributed by atoms with van der Waals surface area (Å²) in [6.45, 7) is 6.34. The molecule has 0 spiro atoms. The standard InChI is InChI=1S/C11H17N3S/c1-3-7-14(4-2)9-5-6-10(11(12)15)13-8-9/h5-6,8H,3-4,7H2,1-2H3,(H2,12,15). The topological polar surface area (TPSA) is 42.1 Å². The van der Waals surface area contributed by atoms with Gasteiger partial charge in [-0.1, -0.05) is 19.1 Å². The predicted octanol–water partition coefficient (Wildman–Crippen LogP) is 1.95. The molecule has 0 amide bonds. The van der Waals surface area contributed by atoms with Crippen molar-refractivity contribution in [1.82, 2.24) is 4.98 Å². The molecule has 0 aromatic carbocycles. The van der Waals surface area contributed by atoms with E-state index in [0.717, 1.165) is 25.2 Å². The second kappa shape index (κ2) is 5.66. The highest BCUT2D eigenvalue weighted by Crippen LogP contribution is 2.13. The van der Waals surface area contributed by atoms with Gasteiger partial charge in [-0.2, -0.15) is 0 Å². The summed E-state index contributed by atoms with van der Waals surface area (Å²) < 4.78 is 0. The van der Waals surface area contributed by atoms with E-state index < -0.39 is 0 Å². The van der Waals surface area contributed by atoms with Gasteiger partial charge >= 0.3 is 0 Å². The third-order valence-corrected chi connectivity index (χ3v) is 2.45. The number of hydrogen-bond donors (Lipinski definition) is 1. The van der Waals surface area contributed by atoms with Gasteiger partial charge < -0.3 is 10.6 Å². The smallest absolute Gasteiger partial charge is 0.122 e. The van der Waals surface area contributed by atoms with E-state index in [1.807, 2.05) is 18.3 Å². The molecule has 0 saturated heterocycles. The Balaban J connectivity index is 2.81. The molecule has 0 unspecified atom stereocenters. The number of aromatic nitrogens is 1. The largest absolute Gasteiger partial charge is 0.388 e. The minimum absolute atomic E-state index is 0.347. The molecule has 0 aliphatic heterocycles. The molecule has 0 radical (unpaired) electrons. The van der Waals surface area contributed by atoms with Crippen LogP contribution in [0.1, 0.15) is 26.0 Å². The Morgan fingerprint density at radius 3 is 2.60 bits per heavy atom. The molecule has 1 heterocycles. The van der Waals surface area contributed by atoms with Crippen molar-refractivity contribution in [2.45, 2.75) is 20.3 Å². The number of pyridine rings is 1. The molecule has 2 N–H and O–H groups in total. The second-order valence-electron chi connectivity index (χ2n) is 3.35. The van der Waals surface area contributed by atoms with Crippen LogP contribution in [0.25, 0.3) is 0 Å². The first-order valence-electron chi connectivity index (χ1n) is 5.19. The molecule has 1 aromatic heterocycles. The second-order valence-corrected chi connectivity index (χ2v) is 3.79. The number of hydrogen-bond acceptors (Lipinski definition) is 3. The molecule has 0 aliphatic carbocycles. The number of thiocarbonyl (C=S) groups is 1. The fourth-order valence-corrected chi connectivity index (χ4v) is 1.58. The molecule has 15 heavy (non-hydrogen) atoms. The van der Waals surface area contributed by atoms with Crippen molar-refractivity contribution in [3.05, 3.63) is 24.0 Å². The normalized spacial score (nSPS) is 10.0. The summed E-state index contributed by atoms with van der Waals surface area (Å²) in [5, 5.41) is 0. The van der Waals surface area contributed by atoms with E-state index in [-0.39, 0.29) is 0 Å². The van der Waals surface area contributed by atoms with Gasteiger partial charge in [0.2, 0.25) is 0 Å². The predicted molar refractivity (Wildman–Crippen MR) is 68.3 cm³/mol. The Bertz CT molecular complexity index is 321. The van der Waals surface area contributed by atoms with Crippen LogP contribution in [0.2, 0.25) is 0 Å². The molecular formula is C11H17N3S. The van der Waals surface area contributed by atoms with Crippen molar-refractivity contribution in [3.8, 4) is 0 Å². The Hall–Kier alpha value is -1.16. The molecule has 0 aliphatic rings. The zero-order valence-corrected chi connectivity index (χ0v) is 10.0. The minimum Gasteiger partial charge on any atom is -0.388 e. The van der Waals surface area contributed by atoms with Gasteiger partial charge in [0.15, 0.2) is 0 Å². The van der Waals surface area contributed by atoms with Crippen LogP contribution in [0.15, 0.2) is 18.3 Å². The van der Waals surface area contributed by atoms with Crippen molar-refractivity contribution in [2.75, 3.05) is 18.0 Å². The first kappa shape index (κ1) is 11.9. The van der Waals surface area contributed by atoms with Crippen LogP contribution in [0.3, 0.4) is 0 Å². The molecule has 1 rings (SSSR count). The summed E-state index contributed by atoms with van der Waals surface area (Å²) in [6.07, 6.45) is 2.96. The van der Waals surface area contributed by atoms with Crippen LogP contribution in [-0.4, -0.2) is 23.1 Å². The molecule has 3 nitrogen and oxygen atoms in total. The summed E-state index contributed by atoms with van der Waals surface area (Å²) >= 11 is 4.85. The summed E-state index contributed by atoms with van der Waals surface area (Å²) in [4.78, 5) is 6.84. The van der Waals surface area contributed by atoms with Gasteiger partial charge in [-0.15, -0.1) is 0 Å². The van der Waals surface area contributed by atoms with Crippen LogP contribution in [0.5, 0.6) is 0 Å². The lowest BCUT2D eigenvalue weighted by atomic mass is 10.3. The van der Waals surface area contributed by atoms with E-state index >= 15 is 0 Å². The van der Waals surface area contributed by atoms with Crippen molar-refractivity contribution in [2.24, 2.45) is 5.73 Å². The van der Waals surface area contributed by atoms with E-state index in [1.54, 1.807) is 0 Å². The highest BCUT2D eigenvalue weighted by atomic mass is 32.1. The number of anilines is 1. The highest BCUT2D eigenvalue weighted by Gasteiger charge is 2.04. The van der Waals surface area contributed by atoms with E-state index in [9.17, 15) is 0 Å². The van der Waals surface area contributed by atoms with Gasteiger partial charge in [0, 0.05) is 13.1 Å². The Kier molecular flexibility index (Phi) is 4.49. The fourth-order valence-electron chi connectivity index (χ4n) is 1.46. The van der Waals surface area contributed by atoms with Gasteiger partial charge in [0.05, 0.1) is 17.6 Å². The highest BCUT2D eigenvalue weighted by molar-refractivity contribution is 7.80. The molecule has 0 saturated carbocycles. The maximum Gasteiger partial charge on any atom is 0.122 e. The lowest BCUT2D eigenvalue weighted by Crippen LogP contribution is -2.23. The molecular weight excluding hydrogens is 206 g/mol. The average molecular weight is 223 g/mol. The van der Waals surface area contributed by atoms with Crippen LogP contribution in [-0.2, 0) is 0 Å². The quantitative estimate of drug-likeness (QED) is 0.775. The zero-order valence-electron chi connectivity index (χ0n) is 9.23. The Labute approximate surface area is 96.3 Å². The molecule has 0 bridgehead atoms. The fraction of sp³-hybridized carbons (Fsp3) is 0.455. The van der Waals surface area contributed by atoms with Gasteiger partial charge in [0.25, 0.3) is 0 Å². The first-order chi connectivity index (χ1) is 7.19. The first-order valence-corrected chi connectivity index (χ1v) is 5.60. The van der Waals surface area contributed by atoms with Crippen molar-refractivity contribution in [1.29, 1.82) is 0 Å². The van der Waals surface area contributed by atoms with Crippen LogP contribution >= 0.6 is 12.2 Å². The zero-order chi connectivity index (χ0) is 11.3. The van der Waals surface area contributed by atoms with Gasteiger partial charge in [-0.3, -0.25) is 4.98 Å². The molecule has 4 heteroatoms. The Morgan fingerprint density at radius 2 is 2.20 bits per heavy atom. The van der Waals surface area contributed by atoms with Crippen LogP contribution in [0.4, 0.5) is 5.69 Å². The summed E-state index contributed by atoms with van der Waals surface area (Å²) in [5.41, 5.74) is 7.29. The van der Waals surface area contributed by atoms with Gasteiger partial charge in [0.1, 0.15) is 4.99 Å². The monoisotopic (exact) mass is 223 g/mol. The van der Waals surface area contributed by atoms with E-state index in [2.05, 4.69) is 23.7 Å². The maximum absolute atomic E-state index is 5.49. The van der Waals surface area contributed by atoms with E-state index in [1.165, 1.54) is 0 Å². The summed E-state index contributed by atoms with van der Waals surface area (Å²) in [6, 6.07) is 3.89. The van der Waals surface area contributed by atoms with Crippen molar-refractivity contribution in [3.63, 3.8) is 0 Å². The molecule has 0 atom stereocenters. The lowest BCUT2D eigenvalue weighted by Gasteiger charge is -2.21. The molecule has 0 fully saturated rings. The van der Waals surface area contributed by atoms with Crippen LogP contribution in [0, 0.1) is 0 Å². The average Bonchev–Trinajstić information content (AvgIpc) is 2.26. The van der Waals surface area contributed by atoms with E-state index in [4.69, 9.17) is 18.0 Å².